The minimum Gasteiger partial charge on any atom is -0.366 e. The van der Waals surface area contributed by atoms with E-state index in [2.05, 4.69) is 20.5 Å². The van der Waals surface area contributed by atoms with E-state index >= 15 is 0 Å². The Labute approximate surface area is 95.5 Å². The molecule has 0 bridgehead atoms. The maximum absolute atomic E-state index is 11.2. The first kappa shape index (κ1) is 9.71. The van der Waals surface area contributed by atoms with Crippen molar-refractivity contribution in [3.05, 3.63) is 22.9 Å². The van der Waals surface area contributed by atoms with Gasteiger partial charge in [0.1, 0.15) is 12.1 Å². The summed E-state index contributed by atoms with van der Waals surface area (Å²) in [5, 5.41) is 9.62. The fraction of sp³-hybridized carbons (Fsp3) is 0.444. The van der Waals surface area contributed by atoms with Crippen LogP contribution in [0.15, 0.2) is 17.2 Å². The van der Waals surface area contributed by atoms with Crippen molar-refractivity contribution in [3.8, 4) is 0 Å². The first-order chi connectivity index (χ1) is 7.83. The molecule has 0 radical (unpaired) electrons. The third-order valence-corrected chi connectivity index (χ3v) is 3.75. The number of nitrogens with zero attached hydrogens (tertiary/aromatic N) is 3. The summed E-state index contributed by atoms with van der Waals surface area (Å²) in [5.41, 5.74) is 0.332. The van der Waals surface area contributed by atoms with Gasteiger partial charge in [0.2, 0.25) is 0 Å². The zero-order valence-corrected chi connectivity index (χ0v) is 9.33. The number of hydrogen-bond acceptors (Lipinski definition) is 5. The average Bonchev–Trinajstić information content (AvgIpc) is 2.90. The molecule has 7 heteroatoms. The van der Waals surface area contributed by atoms with Crippen LogP contribution in [-0.2, 0) is 0 Å². The highest BCUT2D eigenvalue weighted by Gasteiger charge is 2.15. The summed E-state index contributed by atoms with van der Waals surface area (Å²) in [6.45, 7) is 0. The van der Waals surface area contributed by atoms with Crippen LogP contribution < -0.4 is 11.0 Å². The van der Waals surface area contributed by atoms with Crippen molar-refractivity contribution < 1.29 is 0 Å². The number of thioether (sulfide) groups is 1. The highest BCUT2D eigenvalue weighted by Crippen LogP contribution is 2.20. The third-order valence-electron chi connectivity index (χ3n) is 2.59. The van der Waals surface area contributed by atoms with Crippen molar-refractivity contribution in [1.29, 1.82) is 0 Å². The summed E-state index contributed by atoms with van der Waals surface area (Å²) in [5.74, 6) is 3.08. The molecule has 3 heterocycles. The van der Waals surface area contributed by atoms with Crippen LogP contribution in [0.1, 0.15) is 6.42 Å². The number of aromatic nitrogens is 4. The highest BCUT2D eigenvalue weighted by molar-refractivity contribution is 7.99. The Balaban J connectivity index is 1.89. The fourth-order valence-corrected chi connectivity index (χ4v) is 2.90. The summed E-state index contributed by atoms with van der Waals surface area (Å²) in [7, 11) is 0. The zero-order valence-electron chi connectivity index (χ0n) is 8.51. The van der Waals surface area contributed by atoms with Crippen LogP contribution in [0.3, 0.4) is 0 Å². The molecular formula is C9H11N5OS. The van der Waals surface area contributed by atoms with E-state index in [1.807, 2.05) is 11.8 Å². The molecule has 1 unspecified atom stereocenters. The Bertz CT molecular complexity index is 556. The van der Waals surface area contributed by atoms with Crippen molar-refractivity contribution >= 4 is 23.2 Å². The molecule has 0 amide bonds. The summed E-state index contributed by atoms with van der Waals surface area (Å²) in [4.78, 5) is 15.4. The summed E-state index contributed by atoms with van der Waals surface area (Å²) < 4.78 is 1.38. The van der Waals surface area contributed by atoms with Gasteiger partial charge in [0.15, 0.2) is 5.65 Å². The number of rotatable bonds is 2. The minimum atomic E-state index is -0.259. The van der Waals surface area contributed by atoms with Gasteiger partial charge < -0.3 is 5.32 Å². The van der Waals surface area contributed by atoms with E-state index in [1.54, 1.807) is 6.07 Å². The molecule has 0 aliphatic carbocycles. The first-order valence-electron chi connectivity index (χ1n) is 5.10. The molecule has 0 aromatic carbocycles. The second kappa shape index (κ2) is 3.82. The Hall–Kier alpha value is -1.50. The van der Waals surface area contributed by atoms with Crippen LogP contribution >= 0.6 is 11.8 Å². The van der Waals surface area contributed by atoms with Gasteiger partial charge in [0.05, 0.1) is 0 Å². The van der Waals surface area contributed by atoms with Gasteiger partial charge in [-0.15, -0.1) is 0 Å². The predicted molar refractivity (Wildman–Crippen MR) is 63.0 cm³/mol. The largest absolute Gasteiger partial charge is 0.366 e. The van der Waals surface area contributed by atoms with E-state index in [0.29, 0.717) is 11.7 Å². The van der Waals surface area contributed by atoms with Crippen LogP contribution in [0.25, 0.3) is 5.65 Å². The van der Waals surface area contributed by atoms with Crippen molar-refractivity contribution in [3.63, 3.8) is 0 Å². The molecule has 1 atom stereocenters. The van der Waals surface area contributed by atoms with Gasteiger partial charge in [-0.1, -0.05) is 0 Å². The van der Waals surface area contributed by atoms with E-state index in [4.69, 9.17) is 0 Å². The van der Waals surface area contributed by atoms with Gasteiger partial charge in [-0.3, -0.25) is 0 Å². The van der Waals surface area contributed by atoms with Gasteiger partial charge in [0, 0.05) is 17.9 Å². The number of H-pyrrole nitrogens is 1. The summed E-state index contributed by atoms with van der Waals surface area (Å²) in [6, 6.07) is 2.26. The van der Waals surface area contributed by atoms with Crippen molar-refractivity contribution in [2.45, 2.75) is 12.5 Å². The Kier molecular flexibility index (Phi) is 2.32. The van der Waals surface area contributed by atoms with Crippen LogP contribution in [0.5, 0.6) is 0 Å². The molecular weight excluding hydrogens is 226 g/mol. The van der Waals surface area contributed by atoms with Crippen molar-refractivity contribution in [2.75, 3.05) is 16.8 Å². The second-order valence-corrected chi connectivity index (χ2v) is 4.89. The molecule has 16 heavy (non-hydrogen) atoms. The summed E-state index contributed by atoms with van der Waals surface area (Å²) in [6.07, 6.45) is 2.65. The Morgan fingerprint density at radius 2 is 2.56 bits per heavy atom. The molecule has 6 nitrogen and oxygen atoms in total. The van der Waals surface area contributed by atoms with Crippen LogP contribution in [0.4, 0.5) is 5.82 Å². The number of aromatic amines is 1. The van der Waals surface area contributed by atoms with E-state index in [1.165, 1.54) is 16.5 Å². The molecule has 0 spiro atoms. The topological polar surface area (TPSA) is 75.1 Å². The quantitative estimate of drug-likeness (QED) is 0.787. The predicted octanol–water partition coefficient (Wildman–Crippen LogP) is 0.335. The molecule has 1 fully saturated rings. The minimum absolute atomic E-state index is 0.259. The maximum atomic E-state index is 11.2. The van der Waals surface area contributed by atoms with Crippen LogP contribution in [0.2, 0.25) is 0 Å². The smallest absolute Gasteiger partial charge is 0.348 e. The fourth-order valence-electron chi connectivity index (χ4n) is 1.75. The Morgan fingerprint density at radius 3 is 3.38 bits per heavy atom. The van der Waals surface area contributed by atoms with Crippen molar-refractivity contribution in [2.24, 2.45) is 0 Å². The molecule has 2 N–H and O–H groups in total. The van der Waals surface area contributed by atoms with E-state index < -0.39 is 0 Å². The number of hydrogen-bond donors (Lipinski definition) is 2. The third kappa shape index (κ3) is 1.67. The number of fused-ring (bicyclic) bond motifs is 1. The van der Waals surface area contributed by atoms with Gasteiger partial charge in [-0.2, -0.15) is 16.9 Å². The molecule has 2 aromatic heterocycles. The molecule has 84 valence electrons. The Morgan fingerprint density at radius 1 is 1.62 bits per heavy atom. The molecule has 1 aliphatic heterocycles. The van der Waals surface area contributed by atoms with Crippen molar-refractivity contribution in [1.82, 2.24) is 19.6 Å². The van der Waals surface area contributed by atoms with Gasteiger partial charge in [0.25, 0.3) is 0 Å². The molecule has 0 saturated carbocycles. The SMILES string of the molecule is O=c1[nH]nc2cc(NC3CCSC3)ncn12. The van der Waals surface area contributed by atoms with Crippen LogP contribution in [-0.4, -0.2) is 37.1 Å². The summed E-state index contributed by atoms with van der Waals surface area (Å²) >= 11 is 1.94. The van der Waals surface area contributed by atoms with E-state index in [0.717, 1.165) is 18.0 Å². The lowest BCUT2D eigenvalue weighted by Gasteiger charge is -2.11. The maximum Gasteiger partial charge on any atom is 0.348 e. The lowest BCUT2D eigenvalue weighted by molar-refractivity contribution is 0.805. The van der Waals surface area contributed by atoms with E-state index in [9.17, 15) is 4.79 Å². The zero-order chi connectivity index (χ0) is 11.0. The van der Waals surface area contributed by atoms with Crippen LogP contribution in [0, 0.1) is 0 Å². The van der Waals surface area contributed by atoms with Gasteiger partial charge >= 0.3 is 5.69 Å². The monoisotopic (exact) mass is 237 g/mol. The van der Waals surface area contributed by atoms with Gasteiger partial charge in [-0.05, 0) is 12.2 Å². The highest BCUT2D eigenvalue weighted by atomic mass is 32.2. The second-order valence-electron chi connectivity index (χ2n) is 3.74. The standard InChI is InChI=1S/C9H11N5OS/c15-9-13-12-8-3-7(10-5-14(8)9)11-6-1-2-16-4-6/h3,5-6,11H,1-2,4H2,(H,13,15). The number of anilines is 1. The molecule has 1 aliphatic rings. The van der Waals surface area contributed by atoms with Gasteiger partial charge in [-0.25, -0.2) is 19.3 Å². The average molecular weight is 237 g/mol. The molecule has 3 rings (SSSR count). The number of nitrogens with one attached hydrogen (secondary N) is 2. The lowest BCUT2D eigenvalue weighted by Crippen LogP contribution is -2.19. The first-order valence-corrected chi connectivity index (χ1v) is 6.25. The normalized spacial score (nSPS) is 20.4. The molecule has 2 aromatic rings. The van der Waals surface area contributed by atoms with E-state index in [-0.39, 0.29) is 5.69 Å². The lowest BCUT2D eigenvalue weighted by atomic mass is 10.2. The molecule has 1 saturated heterocycles.